The second kappa shape index (κ2) is 6.98. The molecule has 0 spiro atoms. The molecule has 0 aliphatic heterocycles. The molecule has 5 nitrogen and oxygen atoms in total. The first-order valence-electron chi connectivity index (χ1n) is 6.93. The molecule has 0 amide bonds. The highest BCUT2D eigenvalue weighted by Crippen LogP contribution is 2.25. The molecule has 1 heterocycles. The monoisotopic (exact) mass is 364 g/mol. The van der Waals surface area contributed by atoms with Crippen molar-refractivity contribution in [1.82, 2.24) is 15.2 Å². The summed E-state index contributed by atoms with van der Waals surface area (Å²) in [6, 6.07) is 10.8. The van der Waals surface area contributed by atoms with E-state index < -0.39 is 0 Å². The zero-order valence-corrected chi connectivity index (χ0v) is 13.7. The van der Waals surface area contributed by atoms with E-state index in [1.54, 1.807) is 30.3 Å². The third-order valence-corrected chi connectivity index (χ3v) is 3.97. The van der Waals surface area contributed by atoms with E-state index >= 15 is 0 Å². The molecule has 24 heavy (non-hydrogen) atoms. The summed E-state index contributed by atoms with van der Waals surface area (Å²) in [5.74, 6) is -0.152. The molecular weight excluding hydrogens is 354 g/mol. The molecule has 0 saturated heterocycles. The van der Waals surface area contributed by atoms with E-state index in [4.69, 9.17) is 23.2 Å². The van der Waals surface area contributed by atoms with Crippen LogP contribution in [0.4, 0.5) is 16.0 Å². The van der Waals surface area contributed by atoms with Gasteiger partial charge in [0.25, 0.3) is 5.56 Å². The Morgan fingerprint density at radius 2 is 1.79 bits per heavy atom. The molecule has 3 aromatic rings. The van der Waals surface area contributed by atoms with E-state index in [1.165, 1.54) is 12.1 Å². The largest absolute Gasteiger partial charge is 0.324 e. The van der Waals surface area contributed by atoms with Gasteiger partial charge in [-0.05, 0) is 35.9 Å². The lowest BCUT2D eigenvalue weighted by molar-refractivity contribution is 0.627. The Balaban J connectivity index is 1.78. The molecule has 0 saturated carbocycles. The van der Waals surface area contributed by atoms with Crippen molar-refractivity contribution in [1.29, 1.82) is 0 Å². The van der Waals surface area contributed by atoms with E-state index in [-0.39, 0.29) is 29.4 Å². The van der Waals surface area contributed by atoms with Gasteiger partial charge < -0.3 is 5.32 Å². The van der Waals surface area contributed by atoms with Gasteiger partial charge in [-0.1, -0.05) is 35.3 Å². The van der Waals surface area contributed by atoms with Crippen molar-refractivity contribution >= 4 is 34.8 Å². The maximum absolute atomic E-state index is 12.9. The third-order valence-electron chi connectivity index (χ3n) is 3.23. The number of nitrogens with one attached hydrogen (secondary N) is 2. The van der Waals surface area contributed by atoms with Crippen LogP contribution >= 0.6 is 23.2 Å². The minimum absolute atomic E-state index is 0.182. The highest BCUT2D eigenvalue weighted by molar-refractivity contribution is 6.42. The molecule has 122 valence electrons. The Morgan fingerprint density at radius 1 is 1.04 bits per heavy atom. The number of rotatable bonds is 4. The van der Waals surface area contributed by atoms with Crippen LogP contribution in [0.5, 0.6) is 0 Å². The minimum Gasteiger partial charge on any atom is -0.324 e. The summed E-state index contributed by atoms with van der Waals surface area (Å²) in [5.41, 5.74) is 1.24. The van der Waals surface area contributed by atoms with Crippen molar-refractivity contribution in [2.45, 2.75) is 6.42 Å². The van der Waals surface area contributed by atoms with Gasteiger partial charge >= 0.3 is 0 Å². The lowest BCUT2D eigenvalue weighted by Crippen LogP contribution is -2.18. The fourth-order valence-corrected chi connectivity index (χ4v) is 2.34. The van der Waals surface area contributed by atoms with E-state index in [0.29, 0.717) is 15.7 Å². The maximum atomic E-state index is 12.9. The Labute approximate surface area is 146 Å². The number of benzene rings is 2. The molecule has 8 heteroatoms. The Hall–Kier alpha value is -2.44. The highest BCUT2D eigenvalue weighted by Gasteiger charge is 2.07. The van der Waals surface area contributed by atoms with Crippen LogP contribution in [0.1, 0.15) is 11.3 Å². The summed E-state index contributed by atoms with van der Waals surface area (Å²) in [6.45, 7) is 0. The van der Waals surface area contributed by atoms with E-state index in [1.807, 2.05) is 0 Å². The number of hydrogen-bond acceptors (Lipinski definition) is 4. The zero-order valence-electron chi connectivity index (χ0n) is 12.2. The number of H-pyrrole nitrogens is 1. The van der Waals surface area contributed by atoms with Gasteiger partial charge in [0.1, 0.15) is 11.5 Å². The Morgan fingerprint density at radius 3 is 2.46 bits per heavy atom. The van der Waals surface area contributed by atoms with Crippen LogP contribution in [-0.4, -0.2) is 15.2 Å². The lowest BCUT2D eigenvalue weighted by atomic mass is 10.1. The minimum atomic E-state index is -0.378. The van der Waals surface area contributed by atoms with Gasteiger partial charge in [-0.3, -0.25) is 9.78 Å². The van der Waals surface area contributed by atoms with E-state index in [2.05, 4.69) is 20.5 Å². The second-order valence-electron chi connectivity index (χ2n) is 5.01. The molecular formula is C16H11Cl2FN4O. The highest BCUT2D eigenvalue weighted by atomic mass is 35.5. The zero-order chi connectivity index (χ0) is 17.1. The summed E-state index contributed by atoms with van der Waals surface area (Å²) < 4.78 is 12.9. The molecule has 0 fully saturated rings. The topological polar surface area (TPSA) is 70.7 Å². The van der Waals surface area contributed by atoms with Gasteiger partial charge in [-0.2, -0.15) is 0 Å². The molecule has 2 N–H and O–H groups in total. The molecule has 0 aliphatic rings. The molecule has 2 aromatic carbocycles. The summed E-state index contributed by atoms with van der Waals surface area (Å²) in [5, 5.41) is 11.6. The van der Waals surface area contributed by atoms with Gasteiger partial charge in [0.2, 0.25) is 5.95 Å². The van der Waals surface area contributed by atoms with Crippen LogP contribution in [-0.2, 0) is 6.42 Å². The van der Waals surface area contributed by atoms with E-state index in [9.17, 15) is 9.18 Å². The molecule has 1 aromatic heterocycles. The standard InChI is InChI=1S/C16H11Cl2FN4O/c17-12-6-5-11(8-13(12)18)20-16-21-15(24)14(22-23-16)7-9-1-3-10(19)4-2-9/h1-6,8H,7H2,(H2,20,21,23,24). The maximum Gasteiger partial charge on any atom is 0.274 e. The number of anilines is 2. The predicted octanol–water partition coefficient (Wildman–Crippen LogP) is 3.95. The van der Waals surface area contributed by atoms with Crippen LogP contribution in [0.2, 0.25) is 10.0 Å². The number of nitrogens with zero attached hydrogens (tertiary/aromatic N) is 2. The molecule has 0 aliphatic carbocycles. The van der Waals surface area contributed by atoms with Gasteiger partial charge in [0.15, 0.2) is 0 Å². The summed E-state index contributed by atoms with van der Waals surface area (Å²) in [6.07, 6.45) is 0.260. The number of hydrogen-bond donors (Lipinski definition) is 2. The molecule has 0 unspecified atom stereocenters. The van der Waals surface area contributed by atoms with Crippen LogP contribution in [0, 0.1) is 5.82 Å². The summed E-state index contributed by atoms with van der Waals surface area (Å²) >= 11 is 11.8. The van der Waals surface area contributed by atoms with Crippen molar-refractivity contribution in [3.8, 4) is 0 Å². The summed E-state index contributed by atoms with van der Waals surface area (Å²) in [4.78, 5) is 14.7. The van der Waals surface area contributed by atoms with Crippen molar-refractivity contribution in [2.75, 3.05) is 5.32 Å². The van der Waals surface area contributed by atoms with Gasteiger partial charge in [-0.15, -0.1) is 10.2 Å². The van der Waals surface area contributed by atoms with Crippen LogP contribution in [0.25, 0.3) is 0 Å². The number of aromatic nitrogens is 3. The average Bonchev–Trinajstić information content (AvgIpc) is 2.55. The number of halogens is 3. The van der Waals surface area contributed by atoms with Crippen molar-refractivity contribution < 1.29 is 4.39 Å². The quantitative estimate of drug-likeness (QED) is 0.735. The lowest BCUT2D eigenvalue weighted by Gasteiger charge is -2.06. The number of aromatic amines is 1. The third kappa shape index (κ3) is 3.90. The average molecular weight is 365 g/mol. The molecule has 0 bridgehead atoms. The molecule has 0 radical (unpaired) electrons. The molecule has 0 atom stereocenters. The second-order valence-corrected chi connectivity index (χ2v) is 5.82. The van der Waals surface area contributed by atoms with E-state index in [0.717, 1.165) is 5.56 Å². The van der Waals surface area contributed by atoms with Crippen molar-refractivity contribution in [3.63, 3.8) is 0 Å². The normalized spacial score (nSPS) is 10.6. The van der Waals surface area contributed by atoms with Crippen LogP contribution < -0.4 is 10.9 Å². The molecule has 3 rings (SSSR count). The van der Waals surface area contributed by atoms with Gasteiger partial charge in [0.05, 0.1) is 10.0 Å². The summed E-state index contributed by atoms with van der Waals surface area (Å²) in [7, 11) is 0. The van der Waals surface area contributed by atoms with Crippen molar-refractivity contribution in [2.24, 2.45) is 0 Å². The van der Waals surface area contributed by atoms with Gasteiger partial charge in [0, 0.05) is 12.1 Å². The van der Waals surface area contributed by atoms with Crippen molar-refractivity contribution in [3.05, 3.63) is 79.9 Å². The SMILES string of the molecule is O=c1[nH]c(Nc2ccc(Cl)c(Cl)c2)nnc1Cc1ccc(F)cc1. The Bertz CT molecular complexity index is 928. The predicted molar refractivity (Wildman–Crippen MR) is 91.6 cm³/mol. The Kier molecular flexibility index (Phi) is 4.78. The fraction of sp³-hybridized carbons (Fsp3) is 0.0625. The first kappa shape index (κ1) is 16.4. The van der Waals surface area contributed by atoms with Gasteiger partial charge in [-0.25, -0.2) is 4.39 Å². The fourth-order valence-electron chi connectivity index (χ4n) is 2.04. The first-order valence-corrected chi connectivity index (χ1v) is 7.69. The first-order chi connectivity index (χ1) is 11.5. The van der Waals surface area contributed by atoms with Crippen LogP contribution in [0.15, 0.2) is 47.3 Å². The smallest absolute Gasteiger partial charge is 0.274 e. The van der Waals surface area contributed by atoms with Crippen LogP contribution in [0.3, 0.4) is 0 Å².